The average Bonchev–Trinajstić information content (AvgIpc) is 3.01. The van der Waals surface area contributed by atoms with E-state index in [1.54, 1.807) is 0 Å². The molecule has 1 saturated heterocycles. The summed E-state index contributed by atoms with van der Waals surface area (Å²) in [5.74, 6) is 2.17. The number of aryl methyl sites for hydroxylation is 1. The maximum absolute atomic E-state index is 6.78. The molecule has 1 aromatic carbocycles. The van der Waals surface area contributed by atoms with Crippen LogP contribution in [0.15, 0.2) is 30.2 Å². The van der Waals surface area contributed by atoms with Crippen LogP contribution in [0.25, 0.3) is 5.57 Å². The Kier molecular flexibility index (Phi) is 10.9. The van der Waals surface area contributed by atoms with Gasteiger partial charge in [-0.15, -0.1) is 0 Å². The molecule has 0 aromatic heterocycles. The fourth-order valence-electron chi connectivity index (χ4n) is 5.13. The molecule has 0 amide bonds. The van der Waals surface area contributed by atoms with Crippen molar-refractivity contribution < 1.29 is 13.7 Å². The molecule has 0 saturated carbocycles. The molecule has 3 nitrogen and oxygen atoms in total. The highest BCUT2D eigenvalue weighted by Crippen LogP contribution is 2.38. The Bertz CT molecular complexity index is 802. The van der Waals surface area contributed by atoms with E-state index in [2.05, 4.69) is 99.5 Å². The van der Waals surface area contributed by atoms with Crippen molar-refractivity contribution in [3.05, 3.63) is 41.4 Å². The maximum atomic E-state index is 6.78. The van der Waals surface area contributed by atoms with Gasteiger partial charge in [-0.25, -0.2) is 0 Å². The summed E-state index contributed by atoms with van der Waals surface area (Å²) in [5, 5.41) is 0. The molecule has 0 atom stereocenters. The normalized spacial score (nSPS) is 18.3. The predicted molar refractivity (Wildman–Crippen MR) is 155 cm³/mol. The summed E-state index contributed by atoms with van der Waals surface area (Å²) < 4.78 is 19.2. The smallest absolute Gasteiger partial charge is 0.412 e. The Morgan fingerprint density at radius 1 is 0.943 bits per heavy atom. The van der Waals surface area contributed by atoms with E-state index in [9.17, 15) is 0 Å². The Morgan fingerprint density at radius 2 is 1.54 bits per heavy atom. The number of benzene rings is 1. The number of hydrogen-bond acceptors (Lipinski definition) is 3. The van der Waals surface area contributed by atoms with Gasteiger partial charge in [0, 0.05) is 0 Å². The van der Waals surface area contributed by atoms with E-state index in [4.69, 9.17) is 13.7 Å². The van der Waals surface area contributed by atoms with Gasteiger partial charge >= 0.3 is 7.12 Å². The van der Waals surface area contributed by atoms with Crippen molar-refractivity contribution in [2.24, 2.45) is 0 Å². The van der Waals surface area contributed by atoms with Crippen molar-refractivity contribution >= 4 is 21.0 Å². The van der Waals surface area contributed by atoms with E-state index in [1.165, 1.54) is 54.1 Å². The molecule has 5 heteroatoms. The van der Waals surface area contributed by atoms with Crippen LogP contribution < -0.4 is 0 Å². The van der Waals surface area contributed by atoms with Gasteiger partial charge in [0.2, 0.25) is 0 Å². The number of unbranched alkanes of at least 4 members (excludes halogenated alkanes) is 2. The molecule has 198 valence electrons. The highest BCUT2D eigenvalue weighted by atomic mass is 28.4. The van der Waals surface area contributed by atoms with E-state index in [0.29, 0.717) is 0 Å². The van der Waals surface area contributed by atoms with E-state index in [-0.39, 0.29) is 23.9 Å². The summed E-state index contributed by atoms with van der Waals surface area (Å²) in [4.78, 5) is 0. The first-order valence-electron chi connectivity index (χ1n) is 14.2. The number of rotatable bonds is 14. The topological polar surface area (TPSA) is 27.7 Å². The molecule has 1 fully saturated rings. The molecular formula is C30H53BO3Si. The van der Waals surface area contributed by atoms with Crippen LogP contribution in [0.3, 0.4) is 0 Å². The van der Waals surface area contributed by atoms with Gasteiger partial charge in [-0.2, -0.15) is 0 Å². The van der Waals surface area contributed by atoms with Gasteiger partial charge in [0.1, 0.15) is 0 Å². The average molecular weight is 501 g/mol. The standard InChI is InChI=1S/C30H53BO3Si/c1-11-26(24-31-32-29(7,8)30(9,10)33-31)27-21-18-20-25(23-27)19-16-15-17-22-28(5,6)34-35(12-2,13-3)14-4/h18,20-21,23-24H,11-17,19,22H2,1-10H3/b26-24+. The van der Waals surface area contributed by atoms with Crippen molar-refractivity contribution in [1.82, 2.24) is 0 Å². The largest absolute Gasteiger partial charge is 0.487 e. The van der Waals surface area contributed by atoms with Crippen LogP contribution in [0, 0.1) is 0 Å². The molecule has 1 aromatic rings. The maximum Gasteiger partial charge on any atom is 0.487 e. The summed E-state index contributed by atoms with van der Waals surface area (Å²) >= 11 is 0. The zero-order chi connectivity index (χ0) is 26.3. The zero-order valence-corrected chi connectivity index (χ0v) is 25.6. The molecule has 0 unspecified atom stereocenters. The van der Waals surface area contributed by atoms with Crippen molar-refractivity contribution in [2.45, 2.75) is 143 Å². The molecule has 0 N–H and O–H groups in total. The lowest BCUT2D eigenvalue weighted by molar-refractivity contribution is 0.00578. The van der Waals surface area contributed by atoms with E-state index >= 15 is 0 Å². The summed E-state index contributed by atoms with van der Waals surface area (Å²) in [5.41, 5.74) is 3.39. The Labute approximate surface area is 218 Å². The van der Waals surface area contributed by atoms with E-state index in [1.807, 2.05) is 0 Å². The predicted octanol–water partition coefficient (Wildman–Crippen LogP) is 9.01. The molecule has 1 aliphatic heterocycles. The van der Waals surface area contributed by atoms with Crippen molar-refractivity contribution in [3.8, 4) is 0 Å². The fourth-order valence-corrected chi connectivity index (χ4v) is 8.33. The van der Waals surface area contributed by atoms with Crippen LogP contribution in [-0.2, 0) is 20.2 Å². The van der Waals surface area contributed by atoms with Gasteiger partial charge in [0.15, 0.2) is 8.32 Å². The summed E-state index contributed by atoms with van der Waals surface area (Å²) in [6.45, 7) is 22.2. The van der Waals surface area contributed by atoms with Gasteiger partial charge in [0.25, 0.3) is 0 Å². The Balaban J connectivity index is 1.90. The Morgan fingerprint density at radius 3 is 2.09 bits per heavy atom. The summed E-state index contributed by atoms with van der Waals surface area (Å²) in [6, 6.07) is 12.7. The lowest BCUT2D eigenvalue weighted by Crippen LogP contribution is -2.44. The van der Waals surface area contributed by atoms with Gasteiger partial charge < -0.3 is 13.7 Å². The lowest BCUT2D eigenvalue weighted by Gasteiger charge is -2.38. The quantitative estimate of drug-likeness (QED) is 0.188. The fraction of sp³-hybridized carbons (Fsp3) is 0.733. The molecule has 1 heterocycles. The third-order valence-electron chi connectivity index (χ3n) is 8.46. The second kappa shape index (κ2) is 12.6. The number of allylic oxidation sites excluding steroid dienone is 1. The SMILES string of the molecule is CC/C(=C\B1OC(C)(C)C(C)(C)O1)c1cccc(CCCCCC(C)(C)O[Si](CC)(CC)CC)c1. The molecule has 0 aliphatic carbocycles. The Hall–Kier alpha value is -0.878. The first kappa shape index (κ1) is 30.3. The third-order valence-corrected chi connectivity index (χ3v) is 13.3. The van der Waals surface area contributed by atoms with Crippen LogP contribution >= 0.6 is 0 Å². The van der Waals surface area contributed by atoms with Gasteiger partial charge in [0.05, 0.1) is 16.8 Å². The summed E-state index contributed by atoms with van der Waals surface area (Å²) in [7, 11) is -1.84. The molecule has 0 spiro atoms. The van der Waals surface area contributed by atoms with Crippen LogP contribution in [-0.4, -0.2) is 32.2 Å². The second-order valence-electron chi connectivity index (χ2n) is 12.0. The van der Waals surface area contributed by atoms with Crippen molar-refractivity contribution in [3.63, 3.8) is 0 Å². The molecular weight excluding hydrogens is 447 g/mol. The molecule has 1 aliphatic rings. The molecule has 0 radical (unpaired) electrons. The van der Waals surface area contributed by atoms with Crippen LogP contribution in [0.2, 0.25) is 18.1 Å². The second-order valence-corrected chi connectivity index (χ2v) is 16.7. The van der Waals surface area contributed by atoms with Crippen molar-refractivity contribution in [2.75, 3.05) is 0 Å². The van der Waals surface area contributed by atoms with E-state index < -0.39 is 8.32 Å². The molecule has 35 heavy (non-hydrogen) atoms. The zero-order valence-electron chi connectivity index (χ0n) is 24.6. The van der Waals surface area contributed by atoms with Gasteiger partial charge in [-0.1, -0.05) is 70.8 Å². The van der Waals surface area contributed by atoms with Gasteiger partial charge in [-0.3, -0.25) is 0 Å². The number of hydrogen-bond donors (Lipinski definition) is 0. The van der Waals surface area contributed by atoms with Gasteiger partial charge in [-0.05, 0) is 102 Å². The molecule has 0 bridgehead atoms. The third kappa shape index (κ3) is 8.31. The van der Waals surface area contributed by atoms with Crippen LogP contribution in [0.4, 0.5) is 0 Å². The van der Waals surface area contributed by atoms with Crippen LogP contribution in [0.1, 0.15) is 112 Å². The lowest BCUT2D eigenvalue weighted by atomic mass is 9.83. The van der Waals surface area contributed by atoms with Crippen molar-refractivity contribution in [1.29, 1.82) is 0 Å². The highest BCUT2D eigenvalue weighted by Gasteiger charge is 2.50. The first-order chi connectivity index (χ1) is 16.3. The highest BCUT2D eigenvalue weighted by molar-refractivity contribution is 6.73. The van der Waals surface area contributed by atoms with Crippen LogP contribution in [0.5, 0.6) is 0 Å². The first-order valence-corrected chi connectivity index (χ1v) is 16.7. The minimum Gasteiger partial charge on any atom is -0.412 e. The monoisotopic (exact) mass is 500 g/mol. The van der Waals surface area contributed by atoms with E-state index in [0.717, 1.165) is 19.3 Å². The minimum atomic E-state index is -1.55. The minimum absolute atomic E-state index is 0.00248. The molecule has 2 rings (SSSR count). The summed E-state index contributed by atoms with van der Waals surface area (Å²) in [6.07, 6.45) is 6.94.